The maximum Gasteiger partial charge on any atom is 0.0304 e. The highest BCUT2D eigenvalue weighted by atomic mass is 32.2. The van der Waals surface area contributed by atoms with Gasteiger partial charge < -0.3 is 0 Å². The first-order valence-corrected chi connectivity index (χ1v) is 7.90. The third-order valence-electron chi connectivity index (χ3n) is 3.11. The monoisotopic (exact) mass is 266 g/mol. The lowest BCUT2D eigenvalue weighted by atomic mass is 10.1. The van der Waals surface area contributed by atoms with Crippen molar-refractivity contribution in [3.05, 3.63) is 29.8 Å². The molecule has 0 aliphatic rings. The van der Waals surface area contributed by atoms with Crippen molar-refractivity contribution in [2.45, 2.75) is 56.9 Å². The maximum absolute atomic E-state index is 5.61. The smallest absolute Gasteiger partial charge is 0.0304 e. The Balaban J connectivity index is 2.24. The van der Waals surface area contributed by atoms with Gasteiger partial charge in [0.2, 0.25) is 0 Å². The quantitative estimate of drug-likeness (QED) is 0.308. The Morgan fingerprint density at radius 3 is 2.50 bits per heavy atom. The third kappa shape index (κ3) is 6.43. The molecular weight excluding hydrogens is 240 g/mol. The number of rotatable bonds is 9. The summed E-state index contributed by atoms with van der Waals surface area (Å²) >= 11 is 1.88. The molecule has 0 fully saturated rings. The molecule has 0 radical (unpaired) electrons. The zero-order valence-electron chi connectivity index (χ0n) is 11.6. The summed E-state index contributed by atoms with van der Waals surface area (Å²) in [6, 6.07) is 9.12. The molecule has 0 amide bonds. The van der Waals surface area contributed by atoms with Gasteiger partial charge in [0.1, 0.15) is 0 Å². The molecule has 1 rings (SSSR count). The van der Waals surface area contributed by atoms with Crippen LogP contribution in [0.2, 0.25) is 0 Å². The van der Waals surface area contributed by atoms with Gasteiger partial charge in [0.15, 0.2) is 0 Å². The van der Waals surface area contributed by atoms with Gasteiger partial charge in [-0.2, -0.15) is 0 Å². The van der Waals surface area contributed by atoms with Crippen molar-refractivity contribution in [3.63, 3.8) is 0 Å². The van der Waals surface area contributed by atoms with Crippen LogP contribution in [-0.4, -0.2) is 11.8 Å². The summed E-state index contributed by atoms with van der Waals surface area (Å²) in [4.78, 5) is 1.33. The Labute approximate surface area is 116 Å². The van der Waals surface area contributed by atoms with E-state index in [1.807, 2.05) is 11.8 Å². The summed E-state index contributed by atoms with van der Waals surface area (Å²) < 4.78 is 0. The number of hydrogen-bond acceptors (Lipinski definition) is 3. The first kappa shape index (κ1) is 15.5. The Kier molecular flexibility index (Phi) is 8.14. The summed E-state index contributed by atoms with van der Waals surface area (Å²) in [5.41, 5.74) is 4.25. The summed E-state index contributed by atoms with van der Waals surface area (Å²) in [7, 11) is 0. The van der Waals surface area contributed by atoms with E-state index < -0.39 is 0 Å². The van der Waals surface area contributed by atoms with Crippen LogP contribution in [0.15, 0.2) is 29.2 Å². The van der Waals surface area contributed by atoms with Crippen LogP contribution in [0.1, 0.15) is 44.6 Å². The van der Waals surface area contributed by atoms with Crippen LogP contribution in [-0.2, 0) is 0 Å². The fourth-order valence-corrected chi connectivity index (χ4v) is 2.85. The van der Waals surface area contributed by atoms with Gasteiger partial charge in [-0.1, -0.05) is 50.3 Å². The second-order valence-electron chi connectivity index (χ2n) is 4.84. The highest BCUT2D eigenvalue weighted by Gasteiger charge is 2.06. The Morgan fingerprint density at radius 1 is 1.17 bits per heavy atom. The zero-order chi connectivity index (χ0) is 13.2. The van der Waals surface area contributed by atoms with E-state index in [9.17, 15) is 0 Å². The van der Waals surface area contributed by atoms with Crippen LogP contribution in [0.5, 0.6) is 0 Å². The van der Waals surface area contributed by atoms with Gasteiger partial charge in [-0.05, 0) is 25.5 Å². The number of aryl methyl sites for hydroxylation is 1. The Hall–Kier alpha value is -0.510. The lowest BCUT2D eigenvalue weighted by Gasteiger charge is -2.15. The third-order valence-corrected chi connectivity index (χ3v) is 4.29. The summed E-state index contributed by atoms with van der Waals surface area (Å²) in [5.74, 6) is 6.66. The van der Waals surface area contributed by atoms with Gasteiger partial charge in [0.05, 0.1) is 0 Å². The maximum atomic E-state index is 5.61. The molecule has 18 heavy (non-hydrogen) atoms. The minimum atomic E-state index is 0.424. The lowest BCUT2D eigenvalue weighted by molar-refractivity contribution is 0.501. The minimum absolute atomic E-state index is 0.424. The minimum Gasteiger partial charge on any atom is -0.271 e. The first-order valence-electron chi connectivity index (χ1n) is 6.92. The molecule has 1 aromatic carbocycles. The molecule has 3 N–H and O–H groups in total. The van der Waals surface area contributed by atoms with E-state index in [-0.39, 0.29) is 0 Å². The molecular formula is C15H26N2S. The van der Waals surface area contributed by atoms with Crippen LogP contribution in [0, 0.1) is 6.92 Å². The van der Waals surface area contributed by atoms with Gasteiger partial charge in [-0.15, -0.1) is 11.8 Å². The van der Waals surface area contributed by atoms with Crippen LogP contribution < -0.4 is 11.3 Å². The van der Waals surface area contributed by atoms with Gasteiger partial charge in [0.25, 0.3) is 0 Å². The number of benzene rings is 1. The summed E-state index contributed by atoms with van der Waals surface area (Å²) in [5, 5.41) is 0. The van der Waals surface area contributed by atoms with Crippen molar-refractivity contribution in [3.8, 4) is 0 Å². The summed E-state index contributed by atoms with van der Waals surface area (Å²) in [6.07, 6.45) is 6.40. The molecule has 1 unspecified atom stereocenters. The highest BCUT2D eigenvalue weighted by Crippen LogP contribution is 2.20. The predicted octanol–water partition coefficient (Wildman–Crippen LogP) is 3.89. The van der Waals surface area contributed by atoms with Crippen molar-refractivity contribution in [1.29, 1.82) is 0 Å². The molecule has 1 aromatic rings. The Morgan fingerprint density at radius 2 is 1.89 bits per heavy atom. The topological polar surface area (TPSA) is 38.0 Å². The second kappa shape index (κ2) is 9.42. The number of hydrazine groups is 1. The normalized spacial score (nSPS) is 12.6. The number of unbranched alkanes of at least 4 members (excludes halogenated alkanes) is 3. The van der Waals surface area contributed by atoms with E-state index in [0.717, 1.165) is 5.75 Å². The molecule has 0 aromatic heterocycles. The van der Waals surface area contributed by atoms with E-state index >= 15 is 0 Å². The van der Waals surface area contributed by atoms with Crippen molar-refractivity contribution in [2.75, 3.05) is 5.75 Å². The molecule has 3 heteroatoms. The largest absolute Gasteiger partial charge is 0.271 e. The number of nitrogens with one attached hydrogen (secondary N) is 1. The SMILES string of the molecule is CCCCCCC(CSc1ccc(C)cc1)NN. The second-order valence-corrected chi connectivity index (χ2v) is 5.93. The summed E-state index contributed by atoms with van der Waals surface area (Å²) in [6.45, 7) is 4.36. The molecule has 2 nitrogen and oxygen atoms in total. The fraction of sp³-hybridized carbons (Fsp3) is 0.600. The van der Waals surface area contributed by atoms with Crippen molar-refractivity contribution in [2.24, 2.45) is 5.84 Å². The molecule has 0 saturated carbocycles. The van der Waals surface area contributed by atoms with Gasteiger partial charge >= 0.3 is 0 Å². The molecule has 0 aliphatic heterocycles. The molecule has 0 heterocycles. The lowest BCUT2D eigenvalue weighted by Crippen LogP contribution is -2.36. The molecule has 102 valence electrons. The van der Waals surface area contributed by atoms with Gasteiger partial charge in [-0.25, -0.2) is 0 Å². The highest BCUT2D eigenvalue weighted by molar-refractivity contribution is 7.99. The average Bonchev–Trinajstić information content (AvgIpc) is 2.40. The average molecular weight is 266 g/mol. The van der Waals surface area contributed by atoms with Gasteiger partial charge in [-0.3, -0.25) is 11.3 Å². The van der Waals surface area contributed by atoms with Crippen molar-refractivity contribution < 1.29 is 0 Å². The van der Waals surface area contributed by atoms with Crippen LogP contribution in [0.25, 0.3) is 0 Å². The number of thioether (sulfide) groups is 1. The van der Waals surface area contributed by atoms with E-state index in [2.05, 4.69) is 43.5 Å². The van der Waals surface area contributed by atoms with E-state index in [1.165, 1.54) is 42.6 Å². The molecule has 0 bridgehead atoms. The van der Waals surface area contributed by atoms with Crippen molar-refractivity contribution >= 4 is 11.8 Å². The van der Waals surface area contributed by atoms with Gasteiger partial charge in [0, 0.05) is 16.7 Å². The van der Waals surface area contributed by atoms with Crippen LogP contribution in [0.4, 0.5) is 0 Å². The molecule has 0 aliphatic carbocycles. The molecule has 1 atom stereocenters. The fourth-order valence-electron chi connectivity index (χ4n) is 1.86. The standard InChI is InChI=1S/C15H26N2S/c1-3-4-5-6-7-14(17-16)12-18-15-10-8-13(2)9-11-15/h8-11,14,17H,3-7,12,16H2,1-2H3. The van der Waals surface area contributed by atoms with Crippen molar-refractivity contribution in [1.82, 2.24) is 5.43 Å². The number of nitrogens with two attached hydrogens (primary N) is 1. The van der Waals surface area contributed by atoms with Crippen LogP contribution in [0.3, 0.4) is 0 Å². The zero-order valence-corrected chi connectivity index (χ0v) is 12.4. The molecule has 0 spiro atoms. The van der Waals surface area contributed by atoms with Crippen LogP contribution >= 0.6 is 11.8 Å². The Bertz CT molecular complexity index is 311. The molecule has 0 saturated heterocycles. The number of hydrogen-bond donors (Lipinski definition) is 2. The first-order chi connectivity index (χ1) is 8.76. The van der Waals surface area contributed by atoms with E-state index in [4.69, 9.17) is 5.84 Å². The van der Waals surface area contributed by atoms with E-state index in [0.29, 0.717) is 6.04 Å². The predicted molar refractivity (Wildman–Crippen MR) is 81.8 cm³/mol. The van der Waals surface area contributed by atoms with E-state index in [1.54, 1.807) is 0 Å².